The van der Waals surface area contributed by atoms with E-state index in [4.69, 9.17) is 4.42 Å². The number of likely N-dealkylation sites (tertiary alicyclic amines) is 1. The molecule has 2 aromatic rings. The number of carbonyl (C=O) groups is 3. The topological polar surface area (TPSA) is 108 Å². The Bertz CT molecular complexity index is 946. The lowest BCUT2D eigenvalue weighted by Crippen LogP contribution is -2.46. The molecule has 0 spiro atoms. The van der Waals surface area contributed by atoms with E-state index in [0.29, 0.717) is 43.3 Å². The van der Waals surface area contributed by atoms with Gasteiger partial charge in [-0.1, -0.05) is 13.8 Å². The molecule has 2 N–H and O–H groups in total. The van der Waals surface area contributed by atoms with Crippen molar-refractivity contribution in [1.82, 2.24) is 20.1 Å². The number of furan rings is 1. The smallest absolute Gasteiger partial charge is 0.293 e. The lowest BCUT2D eigenvalue weighted by atomic mass is 9.91. The first-order chi connectivity index (χ1) is 15.6. The van der Waals surface area contributed by atoms with Gasteiger partial charge in [0, 0.05) is 37.5 Å². The third-order valence-electron chi connectivity index (χ3n) is 5.55. The summed E-state index contributed by atoms with van der Waals surface area (Å²) in [6.07, 6.45) is 2.92. The molecule has 0 atom stereocenters. The fourth-order valence-electron chi connectivity index (χ4n) is 4.05. The highest BCUT2D eigenvalue weighted by Crippen LogP contribution is 2.21. The van der Waals surface area contributed by atoms with E-state index in [0.717, 1.165) is 6.54 Å². The second-order valence-electron chi connectivity index (χ2n) is 9.53. The quantitative estimate of drug-likeness (QED) is 0.577. The van der Waals surface area contributed by atoms with Crippen molar-refractivity contribution < 1.29 is 18.8 Å². The Hall–Kier alpha value is -2.72. The molecule has 9 nitrogen and oxygen atoms in total. The van der Waals surface area contributed by atoms with Crippen LogP contribution in [0, 0.1) is 11.3 Å². The van der Waals surface area contributed by atoms with Crippen molar-refractivity contribution in [3.63, 3.8) is 0 Å². The number of hydrogen-bond donors (Lipinski definition) is 2. The number of hydrogen-bond acceptors (Lipinski definition) is 7. The minimum absolute atomic E-state index is 0.000353. The number of carbonyl (C=O) groups excluding carboxylic acids is 3. The number of thiazole rings is 1. The summed E-state index contributed by atoms with van der Waals surface area (Å²) in [7, 11) is 4.06. The number of piperidine rings is 1. The van der Waals surface area contributed by atoms with Crippen molar-refractivity contribution in [2.75, 3.05) is 45.6 Å². The average Bonchev–Trinajstić information content (AvgIpc) is 3.44. The van der Waals surface area contributed by atoms with Gasteiger partial charge < -0.3 is 19.5 Å². The van der Waals surface area contributed by atoms with Crippen molar-refractivity contribution in [2.45, 2.75) is 33.1 Å². The van der Waals surface area contributed by atoms with Gasteiger partial charge in [-0.05, 0) is 44.5 Å². The first-order valence-corrected chi connectivity index (χ1v) is 12.0. The summed E-state index contributed by atoms with van der Waals surface area (Å²) in [6.45, 7) is 6.92. The highest BCUT2D eigenvalue weighted by molar-refractivity contribution is 7.14. The average molecular weight is 476 g/mol. The van der Waals surface area contributed by atoms with Gasteiger partial charge in [-0.3, -0.25) is 19.7 Å². The van der Waals surface area contributed by atoms with E-state index >= 15 is 0 Å². The maximum absolute atomic E-state index is 12.7. The van der Waals surface area contributed by atoms with Crippen molar-refractivity contribution in [3.05, 3.63) is 35.2 Å². The highest BCUT2D eigenvalue weighted by atomic mass is 32.1. The molecule has 0 saturated carbocycles. The monoisotopic (exact) mass is 475 g/mol. The van der Waals surface area contributed by atoms with Gasteiger partial charge in [0.1, 0.15) is 0 Å². The molecule has 180 valence electrons. The Morgan fingerprint density at radius 3 is 2.64 bits per heavy atom. The Balaban J connectivity index is 1.42. The van der Waals surface area contributed by atoms with Crippen LogP contribution in [0.15, 0.2) is 28.2 Å². The minimum Gasteiger partial charge on any atom is -0.459 e. The summed E-state index contributed by atoms with van der Waals surface area (Å²) in [5.74, 6) is -0.180. The molecule has 3 rings (SSSR count). The van der Waals surface area contributed by atoms with Gasteiger partial charge in [-0.2, -0.15) is 0 Å². The normalized spacial score (nSPS) is 15.0. The SMILES string of the molecule is CN(C)CC(C)(C)CNC(=O)C1CCN(C(=O)Cc2csc(NC(=O)c3ccco3)n2)CC1. The van der Waals surface area contributed by atoms with E-state index < -0.39 is 0 Å². The van der Waals surface area contributed by atoms with Crippen LogP contribution in [0.4, 0.5) is 5.13 Å². The number of anilines is 1. The van der Waals surface area contributed by atoms with Gasteiger partial charge in [0.2, 0.25) is 11.8 Å². The van der Waals surface area contributed by atoms with E-state index in [-0.39, 0.29) is 41.2 Å². The zero-order chi connectivity index (χ0) is 24.0. The lowest BCUT2D eigenvalue weighted by Gasteiger charge is -2.33. The lowest BCUT2D eigenvalue weighted by molar-refractivity contribution is -0.135. The molecule has 10 heteroatoms. The van der Waals surface area contributed by atoms with Crippen LogP contribution in [0.3, 0.4) is 0 Å². The summed E-state index contributed by atoms with van der Waals surface area (Å²) in [4.78, 5) is 45.6. The third-order valence-corrected chi connectivity index (χ3v) is 6.36. The fraction of sp³-hybridized carbons (Fsp3) is 0.565. The predicted molar refractivity (Wildman–Crippen MR) is 127 cm³/mol. The molecular formula is C23H33N5O4S. The van der Waals surface area contributed by atoms with Gasteiger partial charge >= 0.3 is 0 Å². The van der Waals surface area contributed by atoms with Crippen LogP contribution in [0.2, 0.25) is 0 Å². The Kier molecular flexibility index (Phi) is 8.25. The molecular weight excluding hydrogens is 442 g/mol. The second kappa shape index (κ2) is 10.9. The number of amides is 3. The Labute approximate surface area is 198 Å². The van der Waals surface area contributed by atoms with Crippen LogP contribution in [0.25, 0.3) is 0 Å². The van der Waals surface area contributed by atoms with Crippen LogP contribution < -0.4 is 10.6 Å². The maximum atomic E-state index is 12.7. The van der Waals surface area contributed by atoms with Gasteiger partial charge in [0.05, 0.1) is 18.4 Å². The van der Waals surface area contributed by atoms with Gasteiger partial charge in [-0.15, -0.1) is 11.3 Å². The minimum atomic E-state index is -0.377. The van der Waals surface area contributed by atoms with E-state index in [1.807, 2.05) is 14.1 Å². The van der Waals surface area contributed by atoms with Gasteiger partial charge in [0.15, 0.2) is 10.9 Å². The molecule has 1 fully saturated rings. The van der Waals surface area contributed by atoms with E-state index in [1.54, 1.807) is 22.4 Å². The molecule has 0 aliphatic carbocycles. The van der Waals surface area contributed by atoms with Crippen LogP contribution in [-0.4, -0.2) is 72.8 Å². The third kappa shape index (κ3) is 7.40. The predicted octanol–water partition coefficient (Wildman–Crippen LogP) is 2.47. The molecule has 0 bridgehead atoms. The van der Waals surface area contributed by atoms with Crippen molar-refractivity contribution >= 4 is 34.2 Å². The standard InChI is InChI=1S/C23H33N5O4S/c1-23(2,15-27(3)4)14-24-20(30)16-7-9-28(10-8-16)19(29)12-17-13-33-22(25-17)26-21(31)18-6-5-11-32-18/h5-6,11,13,16H,7-10,12,14-15H2,1-4H3,(H,24,30)(H,25,26,31). The molecule has 0 radical (unpaired) electrons. The summed E-state index contributed by atoms with van der Waals surface area (Å²) in [5.41, 5.74) is 0.613. The second-order valence-corrected chi connectivity index (χ2v) is 10.4. The zero-order valence-electron chi connectivity index (χ0n) is 19.7. The molecule has 1 saturated heterocycles. The van der Waals surface area contributed by atoms with Crippen LogP contribution in [0.5, 0.6) is 0 Å². The Morgan fingerprint density at radius 2 is 2.00 bits per heavy atom. The molecule has 0 aromatic carbocycles. The molecule has 33 heavy (non-hydrogen) atoms. The molecule has 1 aliphatic heterocycles. The summed E-state index contributed by atoms with van der Waals surface area (Å²) in [6, 6.07) is 3.21. The van der Waals surface area contributed by atoms with Crippen LogP contribution in [0.1, 0.15) is 42.9 Å². The van der Waals surface area contributed by atoms with Crippen molar-refractivity contribution in [3.8, 4) is 0 Å². The van der Waals surface area contributed by atoms with E-state index in [2.05, 4.69) is 34.4 Å². The van der Waals surface area contributed by atoms with Crippen LogP contribution in [-0.2, 0) is 16.0 Å². The maximum Gasteiger partial charge on any atom is 0.293 e. The highest BCUT2D eigenvalue weighted by Gasteiger charge is 2.29. The summed E-state index contributed by atoms with van der Waals surface area (Å²) >= 11 is 1.27. The van der Waals surface area contributed by atoms with E-state index in [9.17, 15) is 14.4 Å². The molecule has 0 unspecified atom stereocenters. The van der Waals surface area contributed by atoms with Gasteiger partial charge in [-0.25, -0.2) is 4.98 Å². The van der Waals surface area contributed by atoms with Gasteiger partial charge in [0.25, 0.3) is 5.91 Å². The molecule has 2 aromatic heterocycles. The molecule has 1 aliphatic rings. The molecule has 3 amide bonds. The largest absolute Gasteiger partial charge is 0.459 e. The number of nitrogens with zero attached hydrogens (tertiary/aromatic N) is 3. The first-order valence-electron chi connectivity index (χ1n) is 11.1. The molecule has 3 heterocycles. The zero-order valence-corrected chi connectivity index (χ0v) is 20.5. The number of aromatic nitrogens is 1. The fourth-order valence-corrected chi connectivity index (χ4v) is 4.76. The van der Waals surface area contributed by atoms with E-state index in [1.165, 1.54) is 17.6 Å². The summed E-state index contributed by atoms with van der Waals surface area (Å²) in [5, 5.41) is 7.95. The van der Waals surface area contributed by atoms with Crippen molar-refractivity contribution in [2.24, 2.45) is 11.3 Å². The van der Waals surface area contributed by atoms with Crippen LogP contribution >= 0.6 is 11.3 Å². The van der Waals surface area contributed by atoms with Crippen molar-refractivity contribution in [1.29, 1.82) is 0 Å². The number of rotatable bonds is 9. The Morgan fingerprint density at radius 1 is 1.27 bits per heavy atom. The summed E-state index contributed by atoms with van der Waals surface area (Å²) < 4.78 is 5.06. The first kappa shape index (κ1) is 24.9. The number of nitrogens with one attached hydrogen (secondary N) is 2.